The highest BCUT2D eigenvalue weighted by atomic mass is 16.8. The number of aliphatic hydroxyl groups excluding tert-OH is 18. The molecule has 0 spiro atoms. The molecule has 6 heterocycles. The Morgan fingerprint density at radius 2 is 1.00 bits per heavy atom. The standard InChI is InChI=1S/C58H102N4O37/c1-21-26(59-22(2)71)10-33(35(13-65)88-21)91-53-28(61-24(4)73)11-32(36(14-66)93-53)89-41(18-70)90-40(31(77)19-86-57(85-6)51(43(78)29(75)7-8-63)98-54-27(60-23(3)72)9-30(76)34(12-64)92-54)20-87-58-52(48(83)45(80)38(16-68)95-58)99-55-42(62-25(5)74)46(81)50(39(17-69)96-55)97-56-49(84)47(82)44(79)37(15-67)94-56/h21,26-58,63-70,75-84H,7-20H2,1-6H3,(H,59,71)(H,60,72)(H,61,73)(H,62,74)/t21-,26?,27?,28?,29+,30-,31-,32-,33-,34?,35?,36?,37?,38?,39?,40?,41+,42?,43?,44-,45+,46?,47?,48?,49?,50+,51?,52?,53+,54-,55-,56-,57+,58-/m0/s1. The summed E-state index contributed by atoms with van der Waals surface area (Å²) in [6, 6.07) is -4.74. The van der Waals surface area contributed by atoms with E-state index in [2.05, 4.69) is 21.3 Å². The summed E-state index contributed by atoms with van der Waals surface area (Å²) >= 11 is 0. The van der Waals surface area contributed by atoms with Crippen molar-refractivity contribution in [3.8, 4) is 0 Å². The fourth-order valence-corrected chi connectivity index (χ4v) is 12.3. The van der Waals surface area contributed by atoms with Gasteiger partial charge >= 0.3 is 0 Å². The summed E-state index contributed by atoms with van der Waals surface area (Å²) in [6.07, 6.45) is -52.7. The lowest BCUT2D eigenvalue weighted by atomic mass is 9.94. The Labute approximate surface area is 567 Å². The fourth-order valence-electron chi connectivity index (χ4n) is 12.3. The maximum atomic E-state index is 12.8. The third-order valence-electron chi connectivity index (χ3n) is 17.5. The molecular weight excluding hydrogens is 1340 g/mol. The maximum absolute atomic E-state index is 12.8. The van der Waals surface area contributed by atoms with Gasteiger partial charge in [0, 0.05) is 54.3 Å². The minimum Gasteiger partial charge on any atom is -0.396 e. The van der Waals surface area contributed by atoms with Gasteiger partial charge in [-0.2, -0.15) is 0 Å². The van der Waals surface area contributed by atoms with Crippen LogP contribution >= 0.6 is 0 Å². The smallest absolute Gasteiger partial charge is 0.217 e. The lowest BCUT2D eigenvalue weighted by molar-refractivity contribution is -0.374. The molecule has 0 saturated carbocycles. The van der Waals surface area contributed by atoms with Gasteiger partial charge in [-0.1, -0.05) is 0 Å². The predicted molar refractivity (Wildman–Crippen MR) is 319 cm³/mol. The van der Waals surface area contributed by atoms with Crippen molar-refractivity contribution in [2.24, 2.45) is 0 Å². The molecule has 6 fully saturated rings. The van der Waals surface area contributed by atoms with Crippen molar-refractivity contribution >= 4 is 23.6 Å². The van der Waals surface area contributed by atoms with Crippen LogP contribution in [-0.2, 0) is 90.2 Å². The average Bonchev–Trinajstić information content (AvgIpc) is 0.779. The Balaban J connectivity index is 1.33. The first-order chi connectivity index (χ1) is 47.0. The highest BCUT2D eigenvalue weighted by molar-refractivity contribution is 5.74. The first-order valence-electron chi connectivity index (χ1n) is 32.4. The third kappa shape index (κ3) is 22.5. The van der Waals surface area contributed by atoms with E-state index in [0.29, 0.717) is 0 Å². The molecule has 0 bridgehead atoms. The summed E-state index contributed by atoms with van der Waals surface area (Å²) in [5.41, 5.74) is 0. The second kappa shape index (κ2) is 40.2. The van der Waals surface area contributed by atoms with Gasteiger partial charge in [0.15, 0.2) is 44.0 Å². The van der Waals surface area contributed by atoms with Crippen molar-refractivity contribution in [3.63, 3.8) is 0 Å². The minimum absolute atomic E-state index is 0.0958. The van der Waals surface area contributed by atoms with E-state index in [1.54, 1.807) is 6.92 Å². The summed E-state index contributed by atoms with van der Waals surface area (Å²) in [5.74, 6) is -2.49. The van der Waals surface area contributed by atoms with E-state index in [9.17, 15) is 111 Å². The van der Waals surface area contributed by atoms with E-state index in [4.69, 9.17) is 71.1 Å². The van der Waals surface area contributed by atoms with Crippen LogP contribution in [0.2, 0.25) is 0 Å². The van der Waals surface area contributed by atoms with Crippen LogP contribution in [0.4, 0.5) is 0 Å². The van der Waals surface area contributed by atoms with E-state index in [1.165, 1.54) is 13.8 Å². The number of aliphatic hydroxyl groups is 18. The van der Waals surface area contributed by atoms with Gasteiger partial charge in [-0.3, -0.25) is 19.2 Å². The number of hydrogen-bond acceptors (Lipinski definition) is 37. The molecule has 0 aromatic heterocycles. The van der Waals surface area contributed by atoms with Crippen LogP contribution in [0.15, 0.2) is 0 Å². The van der Waals surface area contributed by atoms with Gasteiger partial charge in [-0.05, 0) is 19.8 Å². The van der Waals surface area contributed by atoms with Crippen LogP contribution in [0.3, 0.4) is 0 Å². The average molecular weight is 1450 g/mol. The Hall–Kier alpha value is -3.44. The largest absolute Gasteiger partial charge is 0.396 e. The molecule has 41 nitrogen and oxygen atoms in total. The topological polar surface area (TPSA) is 619 Å². The van der Waals surface area contributed by atoms with E-state index < -0.39 is 299 Å². The van der Waals surface area contributed by atoms with Gasteiger partial charge < -0.3 is 184 Å². The number of ether oxygens (including phenoxy) is 15. The van der Waals surface area contributed by atoms with Crippen molar-refractivity contribution in [3.05, 3.63) is 0 Å². The van der Waals surface area contributed by atoms with Gasteiger partial charge in [0.25, 0.3) is 0 Å². The molecule has 0 aromatic carbocycles. The number of methoxy groups -OCH3 is 1. The van der Waals surface area contributed by atoms with Gasteiger partial charge in [0.1, 0.15) is 116 Å². The summed E-state index contributed by atoms with van der Waals surface area (Å²) in [4.78, 5) is 50.0. The molecule has 0 aliphatic carbocycles. The fraction of sp³-hybridized carbons (Fsp3) is 0.931. The molecule has 41 heteroatoms. The van der Waals surface area contributed by atoms with Crippen molar-refractivity contribution in [2.75, 3.05) is 73.2 Å². The second-order valence-electron chi connectivity index (χ2n) is 24.9. The monoisotopic (exact) mass is 1450 g/mol. The molecule has 6 aliphatic heterocycles. The summed E-state index contributed by atoms with van der Waals surface area (Å²) < 4.78 is 89.8. The number of nitrogens with one attached hydrogen (secondary N) is 4. The molecule has 18 unspecified atom stereocenters. The molecule has 34 atom stereocenters. The first-order valence-corrected chi connectivity index (χ1v) is 32.4. The third-order valence-corrected chi connectivity index (χ3v) is 17.5. The zero-order chi connectivity index (χ0) is 73.3. The SMILES string of the molecule is CO[C@H](OC[C@H](O)C(CO[C@H]1OC(CO)[C@@H](O)C(O)C1O[C@@H]1OC(CO)[C@@H](O[C@@H]2OC(CO)[C@H](O)C(O)C2O)C(O)C1NC(C)=O)O[C@H](CO)O[C@H]1CC(NC(C)=O)[C@H](O[C@H]2CC(NC(C)=O)[C@H](C)OC2CO)OC1CO)C(O[C@@H]1OC(CO)[C@@H](O)CC1NC(C)=O)C(O)[C@H](O)CCO. The molecule has 6 rings (SSSR count). The van der Waals surface area contributed by atoms with Crippen LogP contribution in [-0.4, -0.2) is 397 Å². The molecule has 6 aliphatic rings. The highest BCUT2D eigenvalue weighted by Crippen LogP contribution is 2.36. The lowest BCUT2D eigenvalue weighted by Gasteiger charge is -2.49. The molecule has 0 radical (unpaired) electrons. The van der Waals surface area contributed by atoms with Crippen molar-refractivity contribution in [1.29, 1.82) is 0 Å². The van der Waals surface area contributed by atoms with Crippen LogP contribution < -0.4 is 21.3 Å². The molecular formula is C58H102N4O37. The Kier molecular flexibility index (Phi) is 34.3. The Bertz CT molecular complexity index is 2420. The van der Waals surface area contributed by atoms with Crippen LogP contribution in [0, 0.1) is 0 Å². The molecule has 576 valence electrons. The van der Waals surface area contributed by atoms with E-state index >= 15 is 0 Å². The van der Waals surface area contributed by atoms with Crippen LogP contribution in [0.5, 0.6) is 0 Å². The molecule has 99 heavy (non-hydrogen) atoms. The molecule has 22 N–H and O–H groups in total. The Morgan fingerprint density at radius 1 is 0.485 bits per heavy atom. The van der Waals surface area contributed by atoms with Crippen molar-refractivity contribution < 1.29 is 182 Å². The lowest BCUT2D eigenvalue weighted by Crippen LogP contribution is -2.69. The number of carbonyl (C=O) groups excluding carboxylic acids is 4. The molecule has 0 aromatic rings. The van der Waals surface area contributed by atoms with Gasteiger partial charge in [-0.25, -0.2) is 0 Å². The van der Waals surface area contributed by atoms with E-state index in [1.807, 2.05) is 0 Å². The van der Waals surface area contributed by atoms with Crippen LogP contribution in [0.25, 0.3) is 0 Å². The minimum atomic E-state index is -2.19. The zero-order valence-electron chi connectivity index (χ0n) is 55.3. The first kappa shape index (κ1) is 84.5. The van der Waals surface area contributed by atoms with Crippen LogP contribution in [0.1, 0.15) is 60.3 Å². The zero-order valence-corrected chi connectivity index (χ0v) is 55.3. The van der Waals surface area contributed by atoms with E-state index in [0.717, 1.165) is 21.0 Å². The Morgan fingerprint density at radius 3 is 1.57 bits per heavy atom. The van der Waals surface area contributed by atoms with Crippen molar-refractivity contribution in [2.45, 2.75) is 269 Å². The summed E-state index contributed by atoms with van der Waals surface area (Å²) in [7, 11) is 1.03. The normalized spacial score (nSPS) is 39.7. The van der Waals surface area contributed by atoms with Crippen molar-refractivity contribution in [1.82, 2.24) is 21.3 Å². The highest BCUT2D eigenvalue weighted by Gasteiger charge is 2.56. The summed E-state index contributed by atoms with van der Waals surface area (Å²) in [5, 5.41) is 205. The van der Waals surface area contributed by atoms with E-state index in [-0.39, 0.29) is 25.2 Å². The van der Waals surface area contributed by atoms with Gasteiger partial charge in [0.05, 0.1) is 108 Å². The second-order valence-corrected chi connectivity index (χ2v) is 24.9. The number of carbonyl (C=O) groups is 4. The number of amides is 4. The maximum Gasteiger partial charge on any atom is 0.217 e. The van der Waals surface area contributed by atoms with Gasteiger partial charge in [0.2, 0.25) is 23.6 Å². The predicted octanol–water partition coefficient (Wildman–Crippen LogP) is -12.8. The molecule has 4 amide bonds. The number of hydrogen-bond donors (Lipinski definition) is 22. The summed E-state index contributed by atoms with van der Waals surface area (Å²) in [6.45, 7) is -2.66. The quantitative estimate of drug-likeness (QED) is 0.0259. The number of rotatable bonds is 36. The van der Waals surface area contributed by atoms with Gasteiger partial charge in [-0.15, -0.1) is 0 Å². The molecule has 6 saturated heterocycles.